The highest BCUT2D eigenvalue weighted by atomic mass is 16.5. The van der Waals surface area contributed by atoms with E-state index < -0.39 is 0 Å². The number of anilines is 2. The lowest BCUT2D eigenvalue weighted by atomic mass is 10.2. The van der Waals surface area contributed by atoms with Gasteiger partial charge < -0.3 is 9.64 Å². The SMILES string of the molecule is C=CCN(c1ccc(C(=O)OCC)cc1)c1cc(C)nc(-c2ccccc2)n1. The van der Waals surface area contributed by atoms with Gasteiger partial charge in [0.15, 0.2) is 5.82 Å². The van der Waals surface area contributed by atoms with E-state index in [1.54, 1.807) is 19.1 Å². The van der Waals surface area contributed by atoms with Crippen molar-refractivity contribution in [1.82, 2.24) is 9.97 Å². The third-order valence-electron chi connectivity index (χ3n) is 4.15. The van der Waals surface area contributed by atoms with Crippen LogP contribution in [0.15, 0.2) is 73.3 Å². The first-order chi connectivity index (χ1) is 13.6. The number of carbonyl (C=O) groups is 1. The van der Waals surface area contributed by atoms with E-state index >= 15 is 0 Å². The second-order valence-corrected chi connectivity index (χ2v) is 6.22. The van der Waals surface area contributed by atoms with Crippen molar-refractivity contribution in [2.24, 2.45) is 0 Å². The molecule has 5 nitrogen and oxygen atoms in total. The van der Waals surface area contributed by atoms with Gasteiger partial charge in [-0.1, -0.05) is 36.4 Å². The molecule has 0 atom stereocenters. The maximum Gasteiger partial charge on any atom is 0.338 e. The molecule has 142 valence electrons. The summed E-state index contributed by atoms with van der Waals surface area (Å²) >= 11 is 0. The number of carbonyl (C=O) groups excluding carboxylic acids is 1. The van der Waals surface area contributed by atoms with Crippen molar-refractivity contribution < 1.29 is 9.53 Å². The van der Waals surface area contributed by atoms with Crippen LogP contribution in [-0.4, -0.2) is 29.1 Å². The highest BCUT2D eigenvalue weighted by Crippen LogP contribution is 2.27. The van der Waals surface area contributed by atoms with Crippen molar-refractivity contribution >= 4 is 17.5 Å². The number of aromatic nitrogens is 2. The number of hydrogen-bond donors (Lipinski definition) is 0. The Balaban J connectivity index is 1.97. The van der Waals surface area contributed by atoms with E-state index in [1.165, 1.54) is 0 Å². The predicted octanol–water partition coefficient (Wildman–Crippen LogP) is 4.95. The molecular weight excluding hydrogens is 350 g/mol. The van der Waals surface area contributed by atoms with Crippen LogP contribution >= 0.6 is 0 Å². The molecule has 2 aromatic carbocycles. The molecule has 0 saturated heterocycles. The largest absolute Gasteiger partial charge is 0.462 e. The van der Waals surface area contributed by atoms with Crippen LogP contribution in [0.5, 0.6) is 0 Å². The van der Waals surface area contributed by atoms with Gasteiger partial charge in [0, 0.05) is 29.6 Å². The molecule has 0 amide bonds. The van der Waals surface area contributed by atoms with Crippen molar-refractivity contribution in [3.8, 4) is 11.4 Å². The van der Waals surface area contributed by atoms with E-state index in [-0.39, 0.29) is 5.97 Å². The van der Waals surface area contributed by atoms with Gasteiger partial charge >= 0.3 is 5.97 Å². The molecule has 0 aliphatic heterocycles. The molecule has 0 unspecified atom stereocenters. The minimum absolute atomic E-state index is 0.325. The zero-order valence-corrected chi connectivity index (χ0v) is 16.1. The predicted molar refractivity (Wildman–Crippen MR) is 112 cm³/mol. The Hall–Kier alpha value is -3.47. The molecule has 0 fully saturated rings. The molecule has 0 radical (unpaired) electrons. The summed E-state index contributed by atoms with van der Waals surface area (Å²) in [6, 6.07) is 19.1. The number of rotatable bonds is 7. The van der Waals surface area contributed by atoms with Crippen molar-refractivity contribution in [3.63, 3.8) is 0 Å². The Bertz CT molecular complexity index is 953. The Morgan fingerprint density at radius 1 is 1.11 bits per heavy atom. The number of nitrogens with zero attached hydrogens (tertiary/aromatic N) is 3. The smallest absolute Gasteiger partial charge is 0.338 e. The van der Waals surface area contributed by atoms with Crippen LogP contribution < -0.4 is 4.90 Å². The summed E-state index contributed by atoms with van der Waals surface area (Å²) in [6.45, 7) is 8.53. The molecule has 0 spiro atoms. The standard InChI is InChI=1S/C23H23N3O2/c1-4-15-26(20-13-11-19(12-14-20)23(27)28-5-2)21-16-17(3)24-22(25-21)18-9-7-6-8-10-18/h4,6-14,16H,1,5,15H2,2-3H3. The van der Waals surface area contributed by atoms with Crippen LogP contribution in [0.2, 0.25) is 0 Å². The van der Waals surface area contributed by atoms with Gasteiger partial charge in [-0.15, -0.1) is 6.58 Å². The Kier molecular flexibility index (Phi) is 6.17. The molecule has 3 rings (SSSR count). The van der Waals surface area contributed by atoms with Crippen LogP contribution in [0.25, 0.3) is 11.4 Å². The van der Waals surface area contributed by atoms with Gasteiger partial charge in [-0.25, -0.2) is 14.8 Å². The van der Waals surface area contributed by atoms with E-state index in [9.17, 15) is 4.79 Å². The van der Waals surface area contributed by atoms with Crippen molar-refractivity contribution in [3.05, 3.63) is 84.6 Å². The molecule has 1 aromatic heterocycles. The van der Waals surface area contributed by atoms with Crippen LogP contribution in [0.3, 0.4) is 0 Å². The monoisotopic (exact) mass is 373 g/mol. The summed E-state index contributed by atoms with van der Waals surface area (Å²) in [4.78, 5) is 23.3. The van der Waals surface area contributed by atoms with Gasteiger partial charge in [-0.3, -0.25) is 0 Å². The highest BCUT2D eigenvalue weighted by Gasteiger charge is 2.14. The molecular formula is C23H23N3O2. The zero-order chi connectivity index (χ0) is 19.9. The molecule has 28 heavy (non-hydrogen) atoms. The van der Waals surface area contributed by atoms with Gasteiger partial charge in [0.1, 0.15) is 5.82 Å². The van der Waals surface area contributed by atoms with E-state index in [2.05, 4.69) is 11.6 Å². The topological polar surface area (TPSA) is 55.3 Å². The summed E-state index contributed by atoms with van der Waals surface area (Å²) in [7, 11) is 0. The molecule has 0 aliphatic rings. The lowest BCUT2D eigenvalue weighted by Gasteiger charge is -2.23. The number of benzene rings is 2. The Labute approximate surface area is 165 Å². The fraction of sp³-hybridized carbons (Fsp3) is 0.174. The average molecular weight is 373 g/mol. The number of ether oxygens (including phenoxy) is 1. The van der Waals surface area contributed by atoms with Crippen LogP contribution in [-0.2, 0) is 4.74 Å². The third kappa shape index (κ3) is 4.43. The van der Waals surface area contributed by atoms with E-state index in [0.29, 0.717) is 24.5 Å². The minimum atomic E-state index is -0.325. The quantitative estimate of drug-likeness (QED) is 0.433. The first-order valence-electron chi connectivity index (χ1n) is 9.19. The molecule has 0 bridgehead atoms. The van der Waals surface area contributed by atoms with Gasteiger partial charge in [0.05, 0.1) is 12.2 Å². The first kappa shape index (κ1) is 19.3. The van der Waals surface area contributed by atoms with Gasteiger partial charge in [0.2, 0.25) is 0 Å². The maximum atomic E-state index is 11.9. The van der Waals surface area contributed by atoms with Crippen LogP contribution in [0.4, 0.5) is 11.5 Å². The van der Waals surface area contributed by atoms with Gasteiger partial charge in [-0.05, 0) is 38.1 Å². The normalized spacial score (nSPS) is 10.4. The Morgan fingerprint density at radius 3 is 2.46 bits per heavy atom. The highest BCUT2D eigenvalue weighted by molar-refractivity contribution is 5.90. The lowest BCUT2D eigenvalue weighted by molar-refractivity contribution is 0.0526. The molecule has 5 heteroatoms. The molecule has 0 saturated carbocycles. The van der Waals surface area contributed by atoms with Gasteiger partial charge in [0.25, 0.3) is 0 Å². The summed E-state index contributed by atoms with van der Waals surface area (Å²) in [5.74, 6) is 1.12. The zero-order valence-electron chi connectivity index (χ0n) is 16.1. The number of esters is 1. The second kappa shape index (κ2) is 8.95. The fourth-order valence-corrected chi connectivity index (χ4v) is 2.86. The molecule has 0 aliphatic carbocycles. The third-order valence-corrected chi connectivity index (χ3v) is 4.15. The van der Waals surface area contributed by atoms with E-state index in [1.807, 2.05) is 66.4 Å². The number of hydrogen-bond acceptors (Lipinski definition) is 5. The molecule has 1 heterocycles. The molecule has 0 N–H and O–H groups in total. The summed E-state index contributed by atoms with van der Waals surface area (Å²) < 4.78 is 5.05. The number of aryl methyl sites for hydroxylation is 1. The second-order valence-electron chi connectivity index (χ2n) is 6.22. The maximum absolute atomic E-state index is 11.9. The van der Waals surface area contributed by atoms with Crippen molar-refractivity contribution in [1.29, 1.82) is 0 Å². The lowest BCUT2D eigenvalue weighted by Crippen LogP contribution is -2.19. The summed E-state index contributed by atoms with van der Waals surface area (Å²) in [6.07, 6.45) is 1.82. The average Bonchev–Trinajstić information content (AvgIpc) is 2.72. The van der Waals surface area contributed by atoms with E-state index in [4.69, 9.17) is 9.72 Å². The van der Waals surface area contributed by atoms with Crippen LogP contribution in [0.1, 0.15) is 23.0 Å². The van der Waals surface area contributed by atoms with Crippen molar-refractivity contribution in [2.45, 2.75) is 13.8 Å². The molecule has 3 aromatic rings. The minimum Gasteiger partial charge on any atom is -0.462 e. The summed E-state index contributed by atoms with van der Waals surface area (Å²) in [5, 5.41) is 0. The van der Waals surface area contributed by atoms with Gasteiger partial charge in [-0.2, -0.15) is 0 Å². The summed E-state index contributed by atoms with van der Waals surface area (Å²) in [5.41, 5.74) is 3.27. The Morgan fingerprint density at radius 2 is 1.82 bits per heavy atom. The van der Waals surface area contributed by atoms with Crippen molar-refractivity contribution in [2.75, 3.05) is 18.1 Å². The van der Waals surface area contributed by atoms with E-state index in [0.717, 1.165) is 22.8 Å². The fourth-order valence-electron chi connectivity index (χ4n) is 2.86. The first-order valence-corrected chi connectivity index (χ1v) is 9.19. The van der Waals surface area contributed by atoms with Crippen LogP contribution in [0, 0.1) is 6.92 Å².